The summed E-state index contributed by atoms with van der Waals surface area (Å²) in [6.45, 7) is 1.88. The average Bonchev–Trinajstić information content (AvgIpc) is 2.48. The Labute approximate surface area is 159 Å². The molecule has 2 aromatic rings. The standard InChI is InChI=1S/C16H13Br3N2O2/c1-10-2-4-11(5-3-10)8-20-21-15(22)9-23-16-13(18)6-12(17)7-14(16)19/h2-8H,9H2,1H3,(H,21,22)/b20-8+. The lowest BCUT2D eigenvalue weighted by Crippen LogP contribution is -2.24. The topological polar surface area (TPSA) is 50.7 Å². The van der Waals surface area contributed by atoms with Crippen molar-refractivity contribution >= 4 is 59.9 Å². The van der Waals surface area contributed by atoms with Gasteiger partial charge >= 0.3 is 0 Å². The number of halogens is 3. The Hall–Kier alpha value is -1.18. The number of amides is 1. The van der Waals surface area contributed by atoms with E-state index >= 15 is 0 Å². The number of hydrogen-bond acceptors (Lipinski definition) is 3. The molecule has 0 radical (unpaired) electrons. The van der Waals surface area contributed by atoms with E-state index in [1.165, 1.54) is 5.56 Å². The maximum absolute atomic E-state index is 11.8. The Morgan fingerprint density at radius 1 is 1.17 bits per heavy atom. The highest BCUT2D eigenvalue weighted by atomic mass is 79.9. The minimum Gasteiger partial charge on any atom is -0.481 e. The Kier molecular flexibility index (Phi) is 6.80. The van der Waals surface area contributed by atoms with Crippen LogP contribution in [0.3, 0.4) is 0 Å². The first-order chi connectivity index (χ1) is 11.0. The van der Waals surface area contributed by atoms with Crippen LogP contribution in [0.15, 0.2) is 54.9 Å². The number of nitrogens with zero attached hydrogens (tertiary/aromatic N) is 1. The zero-order valence-corrected chi connectivity index (χ0v) is 16.9. The van der Waals surface area contributed by atoms with E-state index in [4.69, 9.17) is 4.74 Å². The van der Waals surface area contributed by atoms with E-state index < -0.39 is 0 Å². The molecule has 1 N–H and O–H groups in total. The van der Waals surface area contributed by atoms with Crippen LogP contribution in [-0.4, -0.2) is 18.7 Å². The lowest BCUT2D eigenvalue weighted by atomic mass is 10.2. The Bertz CT molecular complexity index is 708. The zero-order valence-electron chi connectivity index (χ0n) is 12.1. The highest BCUT2D eigenvalue weighted by molar-refractivity contribution is 9.11. The van der Waals surface area contributed by atoms with E-state index in [0.29, 0.717) is 5.75 Å². The molecular formula is C16H13Br3N2O2. The minimum atomic E-state index is -0.338. The molecule has 0 bridgehead atoms. The van der Waals surface area contributed by atoms with Crippen molar-refractivity contribution in [3.05, 3.63) is 60.9 Å². The van der Waals surface area contributed by atoms with Crippen molar-refractivity contribution in [3.8, 4) is 5.75 Å². The van der Waals surface area contributed by atoms with Crippen LogP contribution in [0.2, 0.25) is 0 Å². The largest absolute Gasteiger partial charge is 0.481 e. The second-order valence-electron chi connectivity index (χ2n) is 4.69. The maximum atomic E-state index is 11.8. The molecule has 0 fully saturated rings. The van der Waals surface area contributed by atoms with Gasteiger partial charge in [0.05, 0.1) is 15.2 Å². The third kappa shape index (κ3) is 5.75. The monoisotopic (exact) mass is 502 g/mol. The fourth-order valence-electron chi connectivity index (χ4n) is 1.67. The summed E-state index contributed by atoms with van der Waals surface area (Å²) in [5, 5.41) is 3.91. The normalized spacial score (nSPS) is 10.8. The van der Waals surface area contributed by atoms with Crippen LogP contribution in [-0.2, 0) is 4.79 Å². The van der Waals surface area contributed by atoms with E-state index in [0.717, 1.165) is 19.0 Å². The second kappa shape index (κ2) is 8.61. The van der Waals surface area contributed by atoms with Crippen LogP contribution in [0.5, 0.6) is 5.75 Å². The van der Waals surface area contributed by atoms with Gasteiger partial charge in [0, 0.05) is 4.47 Å². The van der Waals surface area contributed by atoms with Crippen molar-refractivity contribution in [3.63, 3.8) is 0 Å². The molecule has 0 aromatic heterocycles. The number of hydrazone groups is 1. The smallest absolute Gasteiger partial charge is 0.277 e. The van der Waals surface area contributed by atoms with Crippen molar-refractivity contribution in [2.24, 2.45) is 5.10 Å². The number of rotatable bonds is 5. The van der Waals surface area contributed by atoms with Crippen molar-refractivity contribution in [1.82, 2.24) is 5.43 Å². The van der Waals surface area contributed by atoms with Crippen molar-refractivity contribution in [2.45, 2.75) is 6.92 Å². The summed E-state index contributed by atoms with van der Waals surface area (Å²) in [5.74, 6) is 0.223. The fraction of sp³-hybridized carbons (Fsp3) is 0.125. The number of nitrogens with one attached hydrogen (secondary N) is 1. The van der Waals surface area contributed by atoms with Crippen LogP contribution in [0.1, 0.15) is 11.1 Å². The molecule has 2 aromatic carbocycles. The number of benzene rings is 2. The fourth-order valence-corrected chi connectivity index (χ4v) is 4.16. The van der Waals surface area contributed by atoms with Gasteiger partial charge in [-0.3, -0.25) is 4.79 Å². The molecule has 1 amide bonds. The number of carbonyl (C=O) groups is 1. The van der Waals surface area contributed by atoms with Gasteiger partial charge in [0.1, 0.15) is 5.75 Å². The molecule has 0 saturated carbocycles. The molecule has 7 heteroatoms. The van der Waals surface area contributed by atoms with E-state index in [-0.39, 0.29) is 12.5 Å². The van der Waals surface area contributed by atoms with Gasteiger partial charge < -0.3 is 4.74 Å². The van der Waals surface area contributed by atoms with Crippen molar-refractivity contribution in [1.29, 1.82) is 0 Å². The predicted molar refractivity (Wildman–Crippen MR) is 102 cm³/mol. The van der Waals surface area contributed by atoms with E-state index in [1.54, 1.807) is 6.21 Å². The summed E-state index contributed by atoms with van der Waals surface area (Å²) in [7, 11) is 0. The number of ether oxygens (including phenoxy) is 1. The van der Waals surface area contributed by atoms with Gasteiger partial charge in [-0.25, -0.2) is 5.43 Å². The summed E-state index contributed by atoms with van der Waals surface area (Å²) < 4.78 is 7.89. The molecule has 0 spiro atoms. The van der Waals surface area contributed by atoms with Gasteiger partial charge in [0.25, 0.3) is 5.91 Å². The van der Waals surface area contributed by atoms with E-state index in [9.17, 15) is 4.79 Å². The van der Waals surface area contributed by atoms with Gasteiger partial charge in [-0.1, -0.05) is 45.8 Å². The molecule has 120 valence electrons. The van der Waals surface area contributed by atoms with E-state index in [1.807, 2.05) is 43.3 Å². The third-order valence-electron chi connectivity index (χ3n) is 2.79. The van der Waals surface area contributed by atoms with Crippen LogP contribution in [0.25, 0.3) is 0 Å². The van der Waals surface area contributed by atoms with Gasteiger partial charge in [0.15, 0.2) is 6.61 Å². The molecule has 0 atom stereocenters. The van der Waals surface area contributed by atoms with Gasteiger partial charge in [0.2, 0.25) is 0 Å². The summed E-state index contributed by atoms with van der Waals surface area (Å²) >= 11 is 10.2. The SMILES string of the molecule is Cc1ccc(/C=N/NC(=O)COc2c(Br)cc(Br)cc2Br)cc1. The molecular weight excluding hydrogens is 492 g/mol. The van der Waals surface area contributed by atoms with Crippen LogP contribution in [0.4, 0.5) is 0 Å². The molecule has 23 heavy (non-hydrogen) atoms. The number of hydrogen-bond donors (Lipinski definition) is 1. The maximum Gasteiger partial charge on any atom is 0.277 e. The summed E-state index contributed by atoms with van der Waals surface area (Å²) in [4.78, 5) is 11.8. The quantitative estimate of drug-likeness (QED) is 0.469. The Morgan fingerprint density at radius 2 is 1.78 bits per heavy atom. The average molecular weight is 505 g/mol. The van der Waals surface area contributed by atoms with Crippen molar-refractivity contribution < 1.29 is 9.53 Å². The Balaban J connectivity index is 1.87. The van der Waals surface area contributed by atoms with Gasteiger partial charge in [-0.2, -0.15) is 5.10 Å². The van der Waals surface area contributed by atoms with Crippen LogP contribution >= 0.6 is 47.8 Å². The first kappa shape index (κ1) is 18.2. The summed E-state index contributed by atoms with van der Waals surface area (Å²) in [6.07, 6.45) is 1.59. The van der Waals surface area contributed by atoms with Gasteiger partial charge in [-0.05, 0) is 56.5 Å². The first-order valence-electron chi connectivity index (χ1n) is 6.61. The molecule has 2 rings (SSSR count). The molecule has 4 nitrogen and oxygen atoms in total. The molecule has 0 unspecified atom stereocenters. The molecule has 0 heterocycles. The molecule has 0 aliphatic rings. The summed E-state index contributed by atoms with van der Waals surface area (Å²) in [5.41, 5.74) is 4.52. The lowest BCUT2D eigenvalue weighted by Gasteiger charge is -2.09. The van der Waals surface area contributed by atoms with E-state index in [2.05, 4.69) is 58.3 Å². The zero-order chi connectivity index (χ0) is 16.8. The first-order valence-corrected chi connectivity index (χ1v) is 8.99. The molecule has 0 aliphatic heterocycles. The van der Waals surface area contributed by atoms with Crippen LogP contribution < -0.4 is 10.2 Å². The number of aryl methyl sites for hydroxylation is 1. The highest BCUT2D eigenvalue weighted by Gasteiger charge is 2.10. The molecule has 0 aliphatic carbocycles. The summed E-state index contributed by atoms with van der Waals surface area (Å²) in [6, 6.07) is 11.5. The van der Waals surface area contributed by atoms with Gasteiger partial charge in [-0.15, -0.1) is 0 Å². The highest BCUT2D eigenvalue weighted by Crippen LogP contribution is 2.36. The van der Waals surface area contributed by atoms with Crippen LogP contribution in [0, 0.1) is 6.92 Å². The minimum absolute atomic E-state index is 0.135. The second-order valence-corrected chi connectivity index (χ2v) is 7.32. The third-order valence-corrected chi connectivity index (χ3v) is 4.43. The Morgan fingerprint density at radius 3 is 2.39 bits per heavy atom. The molecule has 0 saturated heterocycles. The van der Waals surface area contributed by atoms with Crippen molar-refractivity contribution in [2.75, 3.05) is 6.61 Å². The predicted octanol–water partition coefficient (Wildman–Crippen LogP) is 4.81. The lowest BCUT2D eigenvalue weighted by molar-refractivity contribution is -0.123. The number of carbonyl (C=O) groups excluding carboxylic acids is 1.